The summed E-state index contributed by atoms with van der Waals surface area (Å²) in [6.07, 6.45) is 6.37. The number of ether oxygens (including phenoxy) is 1. The molecule has 2 N–H and O–H groups in total. The van der Waals surface area contributed by atoms with Crippen molar-refractivity contribution in [2.24, 2.45) is 12.8 Å². The van der Waals surface area contributed by atoms with Gasteiger partial charge in [-0.2, -0.15) is 0 Å². The van der Waals surface area contributed by atoms with Crippen molar-refractivity contribution in [2.75, 3.05) is 13.2 Å². The van der Waals surface area contributed by atoms with Crippen molar-refractivity contribution in [1.29, 1.82) is 0 Å². The molecule has 1 unspecified atom stereocenters. The summed E-state index contributed by atoms with van der Waals surface area (Å²) in [5.74, 6) is 0.901. The zero-order valence-electron chi connectivity index (χ0n) is 11.2. The third kappa shape index (κ3) is 2.37. The molecule has 19 heavy (non-hydrogen) atoms. The number of carbonyl (C=O) groups is 1. The van der Waals surface area contributed by atoms with Crippen LogP contribution in [-0.4, -0.2) is 45.2 Å². The lowest BCUT2D eigenvalue weighted by Gasteiger charge is -2.30. The molecular formula is C13H20N4O2. The number of carbonyl (C=O) groups excluding carboxylic acids is 1. The van der Waals surface area contributed by atoms with Gasteiger partial charge in [0.05, 0.1) is 13.2 Å². The van der Waals surface area contributed by atoms with E-state index in [2.05, 4.69) is 4.98 Å². The van der Waals surface area contributed by atoms with Gasteiger partial charge in [-0.05, 0) is 19.3 Å². The summed E-state index contributed by atoms with van der Waals surface area (Å²) in [5.41, 5.74) is 5.35. The van der Waals surface area contributed by atoms with Gasteiger partial charge in [0, 0.05) is 32.1 Å². The van der Waals surface area contributed by atoms with Gasteiger partial charge in [0.15, 0.2) is 0 Å². The second-order valence-electron chi connectivity index (χ2n) is 5.58. The van der Waals surface area contributed by atoms with E-state index in [0.29, 0.717) is 32.2 Å². The van der Waals surface area contributed by atoms with Crippen molar-refractivity contribution in [3.8, 4) is 0 Å². The molecule has 3 rings (SSSR count). The van der Waals surface area contributed by atoms with Crippen molar-refractivity contribution < 1.29 is 9.53 Å². The topological polar surface area (TPSA) is 73.4 Å². The molecule has 1 saturated carbocycles. The van der Waals surface area contributed by atoms with Gasteiger partial charge in [-0.3, -0.25) is 4.79 Å². The first-order valence-corrected chi connectivity index (χ1v) is 6.74. The summed E-state index contributed by atoms with van der Waals surface area (Å²) in [5, 5.41) is 0. The molecule has 6 nitrogen and oxygen atoms in total. The Morgan fingerprint density at radius 2 is 2.47 bits per heavy atom. The van der Waals surface area contributed by atoms with E-state index in [1.165, 1.54) is 0 Å². The maximum Gasteiger partial charge on any atom is 0.245 e. The third-order valence-corrected chi connectivity index (χ3v) is 3.96. The van der Waals surface area contributed by atoms with Gasteiger partial charge < -0.3 is 19.9 Å². The number of rotatable bonds is 4. The molecular weight excluding hydrogens is 244 g/mol. The highest BCUT2D eigenvalue weighted by Crippen LogP contribution is 2.31. The number of aryl methyl sites for hydroxylation is 1. The Hall–Kier alpha value is -1.40. The third-order valence-electron chi connectivity index (χ3n) is 3.96. The van der Waals surface area contributed by atoms with Crippen molar-refractivity contribution >= 4 is 5.91 Å². The fourth-order valence-corrected chi connectivity index (χ4v) is 2.49. The average molecular weight is 264 g/mol. The number of amides is 1. The first-order valence-electron chi connectivity index (χ1n) is 6.74. The van der Waals surface area contributed by atoms with Gasteiger partial charge in [0.25, 0.3) is 0 Å². The molecule has 2 heterocycles. The van der Waals surface area contributed by atoms with Crippen LogP contribution in [0.15, 0.2) is 12.4 Å². The molecule has 0 aromatic carbocycles. The second-order valence-corrected chi connectivity index (χ2v) is 5.58. The lowest BCUT2D eigenvalue weighted by atomic mass is 9.98. The maximum absolute atomic E-state index is 12.7. The predicted octanol–water partition coefficient (Wildman–Crippen LogP) is 0.0289. The van der Waals surface area contributed by atoms with E-state index in [1.807, 2.05) is 22.7 Å². The summed E-state index contributed by atoms with van der Waals surface area (Å²) >= 11 is 0. The van der Waals surface area contributed by atoms with Crippen LogP contribution in [0.1, 0.15) is 25.1 Å². The van der Waals surface area contributed by atoms with Crippen LogP contribution in [0.5, 0.6) is 0 Å². The van der Waals surface area contributed by atoms with Gasteiger partial charge in [0.1, 0.15) is 11.4 Å². The monoisotopic (exact) mass is 264 g/mol. The Morgan fingerprint density at radius 1 is 1.68 bits per heavy atom. The van der Waals surface area contributed by atoms with Crippen molar-refractivity contribution in [2.45, 2.75) is 37.4 Å². The van der Waals surface area contributed by atoms with Crippen LogP contribution in [0, 0.1) is 0 Å². The Labute approximate surface area is 112 Å². The Morgan fingerprint density at radius 3 is 3.00 bits per heavy atom. The molecule has 1 amide bonds. The molecule has 2 fully saturated rings. The number of hydrogen-bond acceptors (Lipinski definition) is 4. The van der Waals surface area contributed by atoms with E-state index in [-0.39, 0.29) is 5.91 Å². The molecule has 6 heteroatoms. The Balaban J connectivity index is 1.77. The minimum absolute atomic E-state index is 0.00972. The van der Waals surface area contributed by atoms with Crippen molar-refractivity contribution in [3.05, 3.63) is 18.2 Å². The van der Waals surface area contributed by atoms with Gasteiger partial charge in [-0.1, -0.05) is 0 Å². The predicted molar refractivity (Wildman–Crippen MR) is 69.1 cm³/mol. The normalized spacial score (nSPS) is 26.6. The summed E-state index contributed by atoms with van der Waals surface area (Å²) in [7, 11) is 1.94. The summed E-state index contributed by atoms with van der Waals surface area (Å²) in [4.78, 5) is 18.9. The van der Waals surface area contributed by atoms with E-state index in [9.17, 15) is 4.79 Å². The molecule has 1 aromatic heterocycles. The zero-order valence-corrected chi connectivity index (χ0v) is 11.2. The van der Waals surface area contributed by atoms with Crippen molar-refractivity contribution in [1.82, 2.24) is 14.5 Å². The number of aromatic nitrogens is 2. The molecule has 1 aromatic rings. The highest BCUT2D eigenvalue weighted by Gasteiger charge is 2.45. The van der Waals surface area contributed by atoms with Crippen LogP contribution >= 0.6 is 0 Å². The fraction of sp³-hybridized carbons (Fsp3) is 0.692. The van der Waals surface area contributed by atoms with Gasteiger partial charge in [-0.25, -0.2) is 4.98 Å². The molecule has 0 bridgehead atoms. The van der Waals surface area contributed by atoms with Crippen LogP contribution < -0.4 is 5.73 Å². The minimum Gasteiger partial charge on any atom is -0.379 e. The Kier molecular flexibility index (Phi) is 3.06. The quantitative estimate of drug-likeness (QED) is 0.832. The van der Waals surface area contributed by atoms with E-state index in [0.717, 1.165) is 18.7 Å². The lowest BCUT2D eigenvalue weighted by molar-refractivity contribution is -0.138. The first kappa shape index (κ1) is 12.6. The average Bonchev–Trinajstić information content (AvgIpc) is 3.01. The lowest BCUT2D eigenvalue weighted by Crippen LogP contribution is -2.56. The van der Waals surface area contributed by atoms with Gasteiger partial charge in [-0.15, -0.1) is 0 Å². The standard InChI is InChI=1S/C13H20N4O2/c1-16-6-5-15-11(16)8-17(10-2-3-10)12(18)13(14)4-7-19-9-13/h5-6,10H,2-4,7-9,14H2,1H3. The number of hydrogen-bond donors (Lipinski definition) is 1. The zero-order chi connectivity index (χ0) is 13.5. The Bertz CT molecular complexity index is 475. The molecule has 104 valence electrons. The molecule has 2 aliphatic rings. The first-order chi connectivity index (χ1) is 9.10. The van der Waals surface area contributed by atoms with Gasteiger partial charge >= 0.3 is 0 Å². The summed E-state index contributed by atoms with van der Waals surface area (Å²) in [6, 6.07) is 0.324. The maximum atomic E-state index is 12.7. The molecule has 0 spiro atoms. The summed E-state index contributed by atoms with van der Waals surface area (Å²) in [6.45, 7) is 1.44. The van der Waals surface area contributed by atoms with E-state index in [1.54, 1.807) is 6.20 Å². The van der Waals surface area contributed by atoms with Gasteiger partial charge in [0.2, 0.25) is 5.91 Å². The van der Waals surface area contributed by atoms with Crippen LogP contribution in [-0.2, 0) is 23.1 Å². The molecule has 1 saturated heterocycles. The van der Waals surface area contributed by atoms with E-state index < -0.39 is 5.54 Å². The molecule has 0 radical (unpaired) electrons. The SMILES string of the molecule is Cn1ccnc1CN(C(=O)C1(N)CCOC1)C1CC1. The molecule has 1 aliphatic heterocycles. The largest absolute Gasteiger partial charge is 0.379 e. The number of imidazole rings is 1. The fourth-order valence-electron chi connectivity index (χ4n) is 2.49. The van der Waals surface area contributed by atoms with E-state index >= 15 is 0 Å². The van der Waals surface area contributed by atoms with Crippen LogP contribution in [0.25, 0.3) is 0 Å². The second kappa shape index (κ2) is 4.61. The smallest absolute Gasteiger partial charge is 0.245 e. The highest BCUT2D eigenvalue weighted by molar-refractivity contribution is 5.87. The number of nitrogens with zero attached hydrogens (tertiary/aromatic N) is 3. The molecule has 1 aliphatic carbocycles. The molecule has 1 atom stereocenters. The van der Waals surface area contributed by atoms with Crippen LogP contribution in [0.3, 0.4) is 0 Å². The summed E-state index contributed by atoms with van der Waals surface area (Å²) < 4.78 is 7.24. The van der Waals surface area contributed by atoms with Crippen LogP contribution in [0.4, 0.5) is 0 Å². The van der Waals surface area contributed by atoms with E-state index in [4.69, 9.17) is 10.5 Å². The van der Waals surface area contributed by atoms with Crippen molar-refractivity contribution in [3.63, 3.8) is 0 Å². The van der Waals surface area contributed by atoms with Crippen LogP contribution in [0.2, 0.25) is 0 Å². The number of nitrogens with two attached hydrogens (primary N) is 1. The highest BCUT2D eigenvalue weighted by atomic mass is 16.5. The minimum atomic E-state index is -0.840.